The first-order chi connectivity index (χ1) is 30.3. The number of benzene rings is 8. The minimum absolute atomic E-state index is 0.0372. The minimum atomic E-state index is -0.424. The Balaban J connectivity index is 1.12. The van der Waals surface area contributed by atoms with Gasteiger partial charge >= 0.3 is 0 Å². The summed E-state index contributed by atoms with van der Waals surface area (Å²) in [4.78, 5) is 16.5. The first kappa shape index (κ1) is 27.0. The maximum Gasteiger partial charge on any atom is 0.164 e. The van der Waals surface area contributed by atoms with Crippen molar-refractivity contribution in [3.63, 3.8) is 0 Å². The largest absolute Gasteiger partial charge is 0.456 e. The average molecular weight is 725 g/mol. The van der Waals surface area contributed by atoms with E-state index < -0.39 is 6.04 Å². The highest BCUT2D eigenvalue weighted by Gasteiger charge is 2.19. The van der Waals surface area contributed by atoms with Gasteiger partial charge in [0.25, 0.3) is 0 Å². The fourth-order valence-corrected chi connectivity index (χ4v) is 6.92. The molecule has 264 valence electrons. The molecule has 56 heavy (non-hydrogen) atoms. The van der Waals surface area contributed by atoms with Crippen LogP contribution in [0.4, 0.5) is 17.1 Å². The molecule has 0 fully saturated rings. The molecule has 10 aromatic rings. The lowest BCUT2D eigenvalue weighted by Crippen LogP contribution is -2.09. The molecule has 5 nitrogen and oxygen atoms in total. The van der Waals surface area contributed by atoms with Crippen molar-refractivity contribution in [3.05, 3.63) is 206 Å². The van der Waals surface area contributed by atoms with Gasteiger partial charge in [-0.3, -0.25) is 0 Å². The molecule has 0 amide bonds. The van der Waals surface area contributed by atoms with E-state index in [4.69, 9.17) is 22.1 Å². The molecule has 0 saturated carbocycles. The van der Waals surface area contributed by atoms with Crippen molar-refractivity contribution in [3.8, 4) is 56.4 Å². The number of fused-ring (bicyclic) bond motifs is 3. The SMILES string of the molecule is [2H]c1c([2H])c(-c2nc(-c3ccccc3)nc(-c3ccccc3)n2)c2c(oc3c([2H])c(-c4ccc(N(c5ccccc5)c5ccc(-c6ccccc6)cc5)cc4)c([2H])c([2H])c32)c1[2H]. The molecule has 8 aromatic carbocycles. The number of hydrogen-bond donors (Lipinski definition) is 0. The summed E-state index contributed by atoms with van der Waals surface area (Å²) in [5.41, 5.74) is 6.97. The van der Waals surface area contributed by atoms with E-state index in [1.165, 1.54) is 0 Å². The lowest BCUT2D eigenvalue weighted by Gasteiger charge is -2.26. The Morgan fingerprint density at radius 2 is 0.857 bits per heavy atom. The molecule has 0 aliphatic rings. The van der Waals surface area contributed by atoms with Gasteiger partial charge < -0.3 is 9.32 Å². The third kappa shape index (κ3) is 6.27. The van der Waals surface area contributed by atoms with Gasteiger partial charge in [0, 0.05) is 44.5 Å². The van der Waals surface area contributed by atoms with Gasteiger partial charge in [0.2, 0.25) is 0 Å². The molecular formula is C51H34N4O. The number of hydrogen-bond acceptors (Lipinski definition) is 5. The van der Waals surface area contributed by atoms with Gasteiger partial charge in [-0.1, -0.05) is 152 Å². The second-order valence-electron chi connectivity index (χ2n) is 13.2. The van der Waals surface area contributed by atoms with Gasteiger partial charge in [0.15, 0.2) is 17.5 Å². The molecule has 5 heteroatoms. The minimum Gasteiger partial charge on any atom is -0.456 e. The molecule has 10 rings (SSSR count). The van der Waals surface area contributed by atoms with Crippen molar-refractivity contribution >= 4 is 39.0 Å². The molecule has 0 atom stereocenters. The zero-order valence-electron chi connectivity index (χ0n) is 35.9. The molecule has 0 unspecified atom stereocenters. The normalized spacial score (nSPS) is 12.7. The van der Waals surface area contributed by atoms with Crippen LogP contribution in [0.1, 0.15) is 8.22 Å². The standard InChI is InChI=1S/C51H34N4O/c1-5-14-35(15-6-1)36-24-29-42(30-25-36)55(41-20-11-4-12-21-41)43-31-26-37(27-32-43)40-28-33-44-47(34-40)56-46-23-13-22-45(48(44)46)51-53-49(38-16-7-2-8-17-38)52-50(54-51)39-18-9-3-10-19-39/h1-34H/i13D,22D,23D,28D,33D,34D. The topological polar surface area (TPSA) is 55.1 Å². The Hall–Kier alpha value is -7.63. The van der Waals surface area contributed by atoms with Crippen LogP contribution in [0.5, 0.6) is 0 Å². The Labute approximate surface area is 333 Å². The van der Waals surface area contributed by atoms with Crippen LogP contribution in [0, 0.1) is 0 Å². The number of nitrogens with zero attached hydrogens (tertiary/aromatic N) is 4. The summed E-state index contributed by atoms with van der Waals surface area (Å²) < 4.78 is 61.5. The third-order valence-electron chi connectivity index (χ3n) is 9.66. The summed E-state index contributed by atoms with van der Waals surface area (Å²) in [6, 6.07) is 52.9. The lowest BCUT2D eigenvalue weighted by molar-refractivity contribution is 0.669. The second kappa shape index (κ2) is 14.3. The summed E-state index contributed by atoms with van der Waals surface area (Å²) in [6.07, 6.45) is 0. The van der Waals surface area contributed by atoms with E-state index in [9.17, 15) is 5.48 Å². The maximum atomic E-state index is 9.49. The smallest absolute Gasteiger partial charge is 0.164 e. The number of aromatic nitrogens is 3. The third-order valence-corrected chi connectivity index (χ3v) is 9.66. The number of anilines is 3. The summed E-state index contributed by atoms with van der Waals surface area (Å²) in [7, 11) is 0. The highest BCUT2D eigenvalue weighted by molar-refractivity contribution is 6.12. The molecule has 0 spiro atoms. The highest BCUT2D eigenvalue weighted by Crippen LogP contribution is 2.40. The van der Waals surface area contributed by atoms with Crippen LogP contribution < -0.4 is 4.90 Å². The lowest BCUT2D eigenvalue weighted by atomic mass is 10.0. The molecule has 0 aliphatic carbocycles. The van der Waals surface area contributed by atoms with Crippen LogP contribution in [0.3, 0.4) is 0 Å². The van der Waals surface area contributed by atoms with E-state index in [2.05, 4.69) is 41.3 Å². The van der Waals surface area contributed by atoms with Gasteiger partial charge in [-0.15, -0.1) is 0 Å². The first-order valence-corrected chi connectivity index (χ1v) is 18.2. The van der Waals surface area contributed by atoms with Gasteiger partial charge in [0.05, 0.1) is 8.22 Å². The maximum absolute atomic E-state index is 9.49. The fourth-order valence-electron chi connectivity index (χ4n) is 6.92. The van der Waals surface area contributed by atoms with E-state index in [-0.39, 0.29) is 69.1 Å². The van der Waals surface area contributed by atoms with Gasteiger partial charge in [-0.05, 0) is 76.8 Å². The van der Waals surface area contributed by atoms with Crippen molar-refractivity contribution in [1.29, 1.82) is 0 Å². The van der Waals surface area contributed by atoms with Gasteiger partial charge in [-0.2, -0.15) is 0 Å². The van der Waals surface area contributed by atoms with Gasteiger partial charge in [0.1, 0.15) is 11.2 Å². The second-order valence-corrected chi connectivity index (χ2v) is 13.2. The zero-order chi connectivity index (χ0) is 42.5. The van der Waals surface area contributed by atoms with Crippen molar-refractivity contribution in [2.24, 2.45) is 0 Å². The molecule has 0 bridgehead atoms. The molecule has 2 aromatic heterocycles. The van der Waals surface area contributed by atoms with E-state index >= 15 is 0 Å². The van der Waals surface area contributed by atoms with Crippen LogP contribution >= 0.6 is 0 Å². The summed E-state index contributed by atoms with van der Waals surface area (Å²) >= 11 is 0. The zero-order valence-corrected chi connectivity index (χ0v) is 29.9. The molecule has 2 heterocycles. The number of rotatable bonds is 8. The number of para-hydroxylation sites is 1. The molecule has 0 radical (unpaired) electrons. The average Bonchev–Trinajstić information content (AvgIpc) is 3.73. The van der Waals surface area contributed by atoms with E-state index in [1.807, 2.05) is 133 Å². The van der Waals surface area contributed by atoms with E-state index in [0.717, 1.165) is 28.2 Å². The van der Waals surface area contributed by atoms with Crippen LogP contribution in [0.25, 0.3) is 78.4 Å². The monoisotopic (exact) mass is 724 g/mol. The Kier molecular flexibility index (Phi) is 6.91. The van der Waals surface area contributed by atoms with Gasteiger partial charge in [-0.25, -0.2) is 15.0 Å². The quantitative estimate of drug-likeness (QED) is 0.156. The number of furan rings is 1. The summed E-state index contributed by atoms with van der Waals surface area (Å²) in [6.45, 7) is 0. The Morgan fingerprint density at radius 3 is 1.43 bits per heavy atom. The van der Waals surface area contributed by atoms with Crippen molar-refractivity contribution in [1.82, 2.24) is 15.0 Å². The van der Waals surface area contributed by atoms with Crippen molar-refractivity contribution < 1.29 is 12.6 Å². The first-order valence-electron chi connectivity index (χ1n) is 21.2. The molecule has 0 saturated heterocycles. The predicted octanol–water partition coefficient (Wildman–Crippen LogP) is 13.6. The van der Waals surface area contributed by atoms with Crippen molar-refractivity contribution in [2.75, 3.05) is 4.90 Å². The highest BCUT2D eigenvalue weighted by atomic mass is 16.3. The molecular weight excluding hydrogens is 685 g/mol. The van der Waals surface area contributed by atoms with E-state index in [0.29, 0.717) is 28.3 Å². The van der Waals surface area contributed by atoms with Crippen LogP contribution in [-0.2, 0) is 0 Å². The predicted molar refractivity (Wildman–Crippen MR) is 229 cm³/mol. The fraction of sp³-hybridized carbons (Fsp3) is 0. The molecule has 0 aliphatic heterocycles. The van der Waals surface area contributed by atoms with Crippen LogP contribution in [-0.4, -0.2) is 15.0 Å². The van der Waals surface area contributed by atoms with Crippen LogP contribution in [0.2, 0.25) is 0 Å². The van der Waals surface area contributed by atoms with Crippen LogP contribution in [0.15, 0.2) is 211 Å². The Morgan fingerprint density at radius 1 is 0.393 bits per heavy atom. The van der Waals surface area contributed by atoms with E-state index in [1.54, 1.807) is 0 Å². The summed E-state index contributed by atoms with van der Waals surface area (Å²) in [5, 5.41) is 0.199. The summed E-state index contributed by atoms with van der Waals surface area (Å²) in [5.74, 6) is 0.690. The molecule has 0 N–H and O–H groups in total. The van der Waals surface area contributed by atoms with Crippen molar-refractivity contribution in [2.45, 2.75) is 0 Å². The Bertz CT molecular complexity index is 3220.